The summed E-state index contributed by atoms with van der Waals surface area (Å²) in [7, 11) is 0. The van der Waals surface area contributed by atoms with Crippen LogP contribution in [0.3, 0.4) is 0 Å². The Morgan fingerprint density at radius 3 is 2.35 bits per heavy atom. The fourth-order valence-electron chi connectivity index (χ4n) is 2.72. The van der Waals surface area contributed by atoms with Gasteiger partial charge in [0.2, 0.25) is 0 Å². The Kier molecular flexibility index (Phi) is 6.75. The van der Waals surface area contributed by atoms with Crippen LogP contribution in [-0.4, -0.2) is 89.3 Å². The molecular weight excluding hydrogens is 346 g/mol. The molecule has 2 rings (SSSR count). The molecule has 0 bridgehead atoms. The first-order valence-corrected chi connectivity index (χ1v) is 8.01. The van der Waals surface area contributed by atoms with Crippen LogP contribution in [0.25, 0.3) is 6.08 Å². The summed E-state index contributed by atoms with van der Waals surface area (Å²) in [4.78, 5) is 32.1. The number of carboxylic acids is 1. The number of amides is 1. The van der Waals surface area contributed by atoms with Crippen LogP contribution in [0.4, 0.5) is 0 Å². The van der Waals surface area contributed by atoms with Gasteiger partial charge in [0.15, 0.2) is 12.2 Å². The van der Waals surface area contributed by atoms with Crippen molar-refractivity contribution in [2.75, 3.05) is 6.54 Å². The fourth-order valence-corrected chi connectivity index (χ4v) is 2.72. The molecule has 1 aromatic rings. The van der Waals surface area contributed by atoms with Crippen LogP contribution >= 0.6 is 0 Å². The zero-order valence-electron chi connectivity index (χ0n) is 13.8. The minimum Gasteiger partial charge on any atom is -0.479 e. The van der Waals surface area contributed by atoms with Crippen molar-refractivity contribution in [3.05, 3.63) is 30.4 Å². The molecule has 1 aliphatic rings. The molecule has 1 aromatic heterocycles. The van der Waals surface area contributed by atoms with Crippen LogP contribution in [-0.2, 0) is 9.59 Å². The number of carboxylic acid groups (broad SMARTS) is 1. The van der Waals surface area contributed by atoms with Gasteiger partial charge >= 0.3 is 5.97 Å². The van der Waals surface area contributed by atoms with Crippen molar-refractivity contribution < 1.29 is 35.1 Å². The maximum Gasteiger partial charge on any atom is 0.335 e. The monoisotopic (exact) mass is 367 g/mol. The van der Waals surface area contributed by atoms with Gasteiger partial charge in [-0.15, -0.1) is 0 Å². The van der Waals surface area contributed by atoms with Crippen molar-refractivity contribution in [1.82, 2.24) is 14.9 Å². The highest BCUT2D eigenvalue weighted by Crippen LogP contribution is 2.21. The predicted octanol–water partition coefficient (Wildman–Crippen LogP) is -1.99. The third-order valence-corrected chi connectivity index (χ3v) is 4.18. The molecular formula is C16H21N3O7. The fraction of sp³-hybridized carbons (Fsp3) is 0.500. The standard InChI is InChI=1S/C16H21N3O7/c20-11(12(21)14(23)16(25)26)13(22)15(24)19-5-1-2-10(19)4-3-9-6-17-8-18-7-9/h3-4,6-8,10-14,20-23H,1-2,5H2,(H,25,26)/b4-3+. The van der Waals surface area contributed by atoms with Crippen molar-refractivity contribution in [1.29, 1.82) is 0 Å². The van der Waals surface area contributed by atoms with Gasteiger partial charge < -0.3 is 30.4 Å². The number of likely N-dealkylation sites (tertiary alicyclic amines) is 1. The molecule has 1 saturated heterocycles. The van der Waals surface area contributed by atoms with Gasteiger partial charge in [-0.05, 0) is 12.8 Å². The molecule has 0 radical (unpaired) electrons. The molecule has 10 nitrogen and oxygen atoms in total. The maximum atomic E-state index is 12.4. The van der Waals surface area contributed by atoms with Gasteiger partial charge in [0.05, 0.1) is 6.04 Å². The van der Waals surface area contributed by atoms with E-state index in [1.54, 1.807) is 24.5 Å². The highest BCUT2D eigenvalue weighted by Gasteiger charge is 2.40. The lowest BCUT2D eigenvalue weighted by atomic mass is 10.0. The lowest BCUT2D eigenvalue weighted by Crippen LogP contribution is -2.54. The Morgan fingerprint density at radius 1 is 1.12 bits per heavy atom. The molecule has 10 heteroatoms. The number of aliphatic hydroxyl groups is 4. The van der Waals surface area contributed by atoms with E-state index in [0.29, 0.717) is 19.4 Å². The highest BCUT2D eigenvalue weighted by atomic mass is 16.4. The van der Waals surface area contributed by atoms with Crippen LogP contribution in [0.1, 0.15) is 18.4 Å². The topological polar surface area (TPSA) is 164 Å². The second-order valence-electron chi connectivity index (χ2n) is 5.98. The number of hydrogen-bond acceptors (Lipinski definition) is 8. The highest BCUT2D eigenvalue weighted by molar-refractivity contribution is 5.82. The SMILES string of the molecule is O=C(O)C(O)C(O)C(O)C(O)C(=O)N1CCCC1/C=C/c1cncnc1. The number of rotatable bonds is 7. The summed E-state index contributed by atoms with van der Waals surface area (Å²) in [6, 6.07) is -0.342. The van der Waals surface area contributed by atoms with E-state index >= 15 is 0 Å². The van der Waals surface area contributed by atoms with Crippen LogP contribution in [0.15, 0.2) is 24.8 Å². The Hall–Kier alpha value is -2.40. The summed E-state index contributed by atoms with van der Waals surface area (Å²) in [6.45, 7) is 0.334. The van der Waals surface area contributed by atoms with Crippen LogP contribution in [0, 0.1) is 0 Å². The van der Waals surface area contributed by atoms with Crippen molar-refractivity contribution in [2.45, 2.75) is 43.3 Å². The van der Waals surface area contributed by atoms with Crippen molar-refractivity contribution in [2.24, 2.45) is 0 Å². The summed E-state index contributed by atoms with van der Waals surface area (Å²) >= 11 is 0. The third-order valence-electron chi connectivity index (χ3n) is 4.18. The second kappa shape index (κ2) is 8.81. The van der Waals surface area contributed by atoms with E-state index in [1.807, 2.05) is 0 Å². The number of aromatic nitrogens is 2. The Labute approximate surface area is 149 Å². The molecule has 2 heterocycles. The molecule has 0 aromatic carbocycles. The number of carbonyl (C=O) groups is 2. The maximum absolute atomic E-state index is 12.4. The number of hydrogen-bond donors (Lipinski definition) is 5. The van der Waals surface area contributed by atoms with E-state index in [2.05, 4.69) is 9.97 Å². The Morgan fingerprint density at radius 2 is 1.73 bits per heavy atom. The molecule has 1 aliphatic heterocycles. The van der Waals surface area contributed by atoms with Crippen LogP contribution < -0.4 is 0 Å². The third kappa shape index (κ3) is 4.61. The van der Waals surface area contributed by atoms with E-state index in [0.717, 1.165) is 5.56 Å². The van der Waals surface area contributed by atoms with Gasteiger partial charge in [0, 0.05) is 24.5 Å². The molecule has 142 valence electrons. The molecule has 0 aliphatic carbocycles. The molecule has 26 heavy (non-hydrogen) atoms. The van der Waals surface area contributed by atoms with E-state index in [9.17, 15) is 30.0 Å². The predicted molar refractivity (Wildman–Crippen MR) is 87.5 cm³/mol. The van der Waals surface area contributed by atoms with E-state index < -0.39 is 36.3 Å². The van der Waals surface area contributed by atoms with Gasteiger partial charge in [0.1, 0.15) is 18.5 Å². The first kappa shape index (κ1) is 19.9. The van der Waals surface area contributed by atoms with E-state index in [1.165, 1.54) is 11.2 Å². The summed E-state index contributed by atoms with van der Waals surface area (Å²) in [5, 5.41) is 47.3. The average molecular weight is 367 g/mol. The summed E-state index contributed by atoms with van der Waals surface area (Å²) < 4.78 is 0. The quantitative estimate of drug-likeness (QED) is 0.367. The molecule has 5 N–H and O–H groups in total. The van der Waals surface area contributed by atoms with Gasteiger partial charge in [-0.1, -0.05) is 12.2 Å². The molecule has 5 unspecified atom stereocenters. The molecule has 1 fully saturated rings. The van der Waals surface area contributed by atoms with Crippen molar-refractivity contribution in [3.8, 4) is 0 Å². The van der Waals surface area contributed by atoms with E-state index in [4.69, 9.17) is 5.11 Å². The lowest BCUT2D eigenvalue weighted by Gasteiger charge is -2.29. The first-order chi connectivity index (χ1) is 12.3. The smallest absolute Gasteiger partial charge is 0.335 e. The lowest BCUT2D eigenvalue weighted by molar-refractivity contribution is -0.169. The molecule has 5 atom stereocenters. The van der Waals surface area contributed by atoms with Crippen molar-refractivity contribution in [3.63, 3.8) is 0 Å². The molecule has 0 saturated carbocycles. The summed E-state index contributed by atoms with van der Waals surface area (Å²) in [5.41, 5.74) is 0.729. The summed E-state index contributed by atoms with van der Waals surface area (Å²) in [5.74, 6) is -2.63. The van der Waals surface area contributed by atoms with Gasteiger partial charge in [-0.2, -0.15) is 0 Å². The molecule has 0 spiro atoms. The Balaban J connectivity index is 2.04. The van der Waals surface area contributed by atoms with Crippen molar-refractivity contribution >= 4 is 18.0 Å². The van der Waals surface area contributed by atoms with Gasteiger partial charge in [-0.25, -0.2) is 14.8 Å². The summed E-state index contributed by atoms with van der Waals surface area (Å²) in [6.07, 6.45) is 0.622. The van der Waals surface area contributed by atoms with Crippen LogP contribution in [0.2, 0.25) is 0 Å². The Bertz CT molecular complexity index is 655. The van der Waals surface area contributed by atoms with Gasteiger partial charge in [0.25, 0.3) is 5.91 Å². The zero-order chi connectivity index (χ0) is 19.3. The largest absolute Gasteiger partial charge is 0.479 e. The number of carbonyl (C=O) groups excluding carboxylic acids is 1. The number of nitrogens with zero attached hydrogens (tertiary/aromatic N) is 3. The second-order valence-corrected chi connectivity index (χ2v) is 5.98. The van der Waals surface area contributed by atoms with E-state index in [-0.39, 0.29) is 6.04 Å². The minimum absolute atomic E-state index is 0.334. The average Bonchev–Trinajstić information content (AvgIpc) is 3.12. The molecule has 1 amide bonds. The van der Waals surface area contributed by atoms with Gasteiger partial charge in [-0.3, -0.25) is 4.79 Å². The number of aliphatic hydroxyl groups excluding tert-OH is 4. The normalized spacial score (nSPS) is 22.2. The number of aliphatic carboxylic acids is 1. The zero-order valence-corrected chi connectivity index (χ0v) is 13.8. The van der Waals surface area contributed by atoms with Crippen LogP contribution in [0.5, 0.6) is 0 Å². The first-order valence-electron chi connectivity index (χ1n) is 8.01. The minimum atomic E-state index is -2.32.